The summed E-state index contributed by atoms with van der Waals surface area (Å²) in [5, 5.41) is 0.921. The maximum Gasteiger partial charge on any atom is 0.259 e. The summed E-state index contributed by atoms with van der Waals surface area (Å²) in [6.45, 7) is 7.16. The molecule has 0 saturated carbocycles. The van der Waals surface area contributed by atoms with Crippen LogP contribution in [-0.2, 0) is 13.0 Å². The Morgan fingerprint density at radius 3 is 2.91 bits per heavy atom. The average Bonchev–Trinajstić information content (AvgIpc) is 2.47. The number of nitrogens with zero attached hydrogens (tertiary/aromatic N) is 2. The van der Waals surface area contributed by atoms with Gasteiger partial charge < -0.3 is 10.5 Å². The molecule has 1 atom stereocenters. The molecule has 22 heavy (non-hydrogen) atoms. The van der Waals surface area contributed by atoms with Crippen LogP contribution in [-0.4, -0.2) is 21.7 Å². The van der Waals surface area contributed by atoms with Crippen molar-refractivity contribution in [2.45, 2.75) is 52.2 Å². The first kappa shape index (κ1) is 15.0. The van der Waals surface area contributed by atoms with Gasteiger partial charge >= 0.3 is 0 Å². The van der Waals surface area contributed by atoms with Crippen LogP contribution in [0, 0.1) is 6.92 Å². The summed E-state index contributed by atoms with van der Waals surface area (Å²) in [5.74, 6) is 0.708. The molecule has 1 aliphatic rings. The van der Waals surface area contributed by atoms with Gasteiger partial charge in [0, 0.05) is 12.2 Å². The molecule has 5 nitrogen and oxygen atoms in total. The zero-order chi connectivity index (χ0) is 15.9. The molecule has 1 aliphatic heterocycles. The first-order valence-corrected chi connectivity index (χ1v) is 7.91. The van der Waals surface area contributed by atoms with Crippen LogP contribution in [0.15, 0.2) is 16.9 Å². The molecule has 0 spiro atoms. The van der Waals surface area contributed by atoms with Crippen molar-refractivity contribution in [2.75, 3.05) is 6.54 Å². The Hall–Kier alpha value is -1.88. The van der Waals surface area contributed by atoms with Gasteiger partial charge in [-0.25, -0.2) is 4.98 Å². The number of aromatic nitrogens is 2. The van der Waals surface area contributed by atoms with Gasteiger partial charge in [-0.1, -0.05) is 0 Å². The Balaban J connectivity index is 2.28. The third-order valence-electron chi connectivity index (χ3n) is 4.53. The molecule has 0 aromatic carbocycles. The Bertz CT molecular complexity index is 782. The molecule has 2 aromatic rings. The number of hydrogen-bond donors (Lipinski definition) is 1. The van der Waals surface area contributed by atoms with Crippen molar-refractivity contribution in [1.29, 1.82) is 0 Å². The van der Waals surface area contributed by atoms with E-state index in [1.54, 1.807) is 4.57 Å². The van der Waals surface area contributed by atoms with E-state index in [9.17, 15) is 4.79 Å². The van der Waals surface area contributed by atoms with Gasteiger partial charge in [0.05, 0.1) is 10.9 Å². The summed E-state index contributed by atoms with van der Waals surface area (Å²) in [6, 6.07) is 3.97. The fourth-order valence-electron chi connectivity index (χ4n) is 3.24. The van der Waals surface area contributed by atoms with E-state index in [0.29, 0.717) is 24.5 Å². The van der Waals surface area contributed by atoms with E-state index in [1.807, 2.05) is 26.0 Å². The third-order valence-corrected chi connectivity index (χ3v) is 4.53. The minimum absolute atomic E-state index is 0.0258. The molecule has 0 fully saturated rings. The van der Waals surface area contributed by atoms with E-state index in [-0.39, 0.29) is 11.2 Å². The molecule has 2 aromatic heterocycles. The average molecular weight is 301 g/mol. The fourth-order valence-corrected chi connectivity index (χ4v) is 3.24. The highest BCUT2D eigenvalue weighted by Gasteiger charge is 2.34. The van der Waals surface area contributed by atoms with Crippen LogP contribution in [0.5, 0.6) is 5.75 Å². The minimum atomic E-state index is -0.301. The quantitative estimate of drug-likeness (QED) is 0.943. The predicted octanol–water partition coefficient (Wildman–Crippen LogP) is 2.16. The maximum atomic E-state index is 12.8. The number of ether oxygens (including phenoxy) is 1. The van der Waals surface area contributed by atoms with Crippen LogP contribution in [0.1, 0.15) is 37.9 Å². The monoisotopic (exact) mass is 301 g/mol. The minimum Gasteiger partial charge on any atom is -0.486 e. The smallest absolute Gasteiger partial charge is 0.259 e. The zero-order valence-electron chi connectivity index (χ0n) is 13.5. The lowest BCUT2D eigenvalue weighted by Crippen LogP contribution is -2.41. The summed E-state index contributed by atoms with van der Waals surface area (Å²) < 4.78 is 8.01. The second-order valence-corrected chi connectivity index (χ2v) is 6.27. The molecule has 118 valence electrons. The van der Waals surface area contributed by atoms with Crippen LogP contribution in [0.25, 0.3) is 11.0 Å². The van der Waals surface area contributed by atoms with E-state index in [0.717, 1.165) is 35.9 Å². The van der Waals surface area contributed by atoms with Gasteiger partial charge in [-0.2, -0.15) is 0 Å². The van der Waals surface area contributed by atoms with Gasteiger partial charge in [-0.15, -0.1) is 0 Å². The number of rotatable bonds is 3. The number of aryl methyl sites for hydroxylation is 2. The van der Waals surface area contributed by atoms with Gasteiger partial charge in [0.1, 0.15) is 17.0 Å². The summed E-state index contributed by atoms with van der Waals surface area (Å²) in [6.07, 6.45) is 2.33. The van der Waals surface area contributed by atoms with Gasteiger partial charge in [-0.3, -0.25) is 9.36 Å². The summed E-state index contributed by atoms with van der Waals surface area (Å²) in [4.78, 5) is 17.3. The Kier molecular flexibility index (Phi) is 3.68. The molecule has 1 unspecified atom stereocenters. The summed E-state index contributed by atoms with van der Waals surface area (Å²) in [5.41, 5.74) is 7.82. The maximum absolute atomic E-state index is 12.8. The Labute approximate surface area is 130 Å². The molecule has 0 radical (unpaired) electrons. The first-order valence-electron chi connectivity index (χ1n) is 7.91. The van der Waals surface area contributed by atoms with E-state index >= 15 is 0 Å². The van der Waals surface area contributed by atoms with Crippen molar-refractivity contribution < 1.29 is 4.74 Å². The fraction of sp³-hybridized carbons (Fsp3) is 0.529. The number of nitrogens with two attached hydrogens (primary N) is 1. The van der Waals surface area contributed by atoms with Crippen LogP contribution in [0.3, 0.4) is 0 Å². The van der Waals surface area contributed by atoms with E-state index in [1.165, 1.54) is 0 Å². The molecular formula is C17H23N3O2. The molecular weight excluding hydrogens is 278 g/mol. The molecule has 3 heterocycles. The summed E-state index contributed by atoms with van der Waals surface area (Å²) in [7, 11) is 0. The normalized spacial score (nSPS) is 20.7. The highest BCUT2D eigenvalue weighted by molar-refractivity contribution is 5.84. The van der Waals surface area contributed by atoms with Gasteiger partial charge in [0.2, 0.25) is 0 Å². The lowest BCUT2D eigenvalue weighted by atomic mass is 9.89. The molecule has 0 amide bonds. The van der Waals surface area contributed by atoms with Crippen LogP contribution in [0.2, 0.25) is 0 Å². The van der Waals surface area contributed by atoms with Crippen molar-refractivity contribution in [2.24, 2.45) is 5.73 Å². The van der Waals surface area contributed by atoms with E-state index in [4.69, 9.17) is 10.5 Å². The van der Waals surface area contributed by atoms with Crippen LogP contribution >= 0.6 is 0 Å². The number of pyridine rings is 2. The SMILES string of the molecule is CCn1c(=O)c2c(c3ccc(C)nc31)OC(C)(CCN)CC2. The van der Waals surface area contributed by atoms with Gasteiger partial charge in [0.25, 0.3) is 5.56 Å². The van der Waals surface area contributed by atoms with Gasteiger partial charge in [0.15, 0.2) is 0 Å². The standard InChI is InChI=1S/C17H23N3O2/c1-4-20-15-12(6-5-11(2)19-15)14-13(16(20)21)7-8-17(3,22-14)9-10-18/h5-6H,4,7-10,18H2,1-3H3. The first-order chi connectivity index (χ1) is 10.5. The lowest BCUT2D eigenvalue weighted by molar-refractivity contribution is 0.0599. The van der Waals surface area contributed by atoms with Crippen molar-refractivity contribution in [1.82, 2.24) is 9.55 Å². The second-order valence-electron chi connectivity index (χ2n) is 6.27. The molecule has 5 heteroatoms. The largest absolute Gasteiger partial charge is 0.486 e. The molecule has 2 N–H and O–H groups in total. The topological polar surface area (TPSA) is 70.1 Å². The third kappa shape index (κ3) is 2.29. The van der Waals surface area contributed by atoms with Crippen LogP contribution < -0.4 is 16.0 Å². The number of hydrogen-bond acceptors (Lipinski definition) is 4. The highest BCUT2D eigenvalue weighted by atomic mass is 16.5. The zero-order valence-corrected chi connectivity index (χ0v) is 13.5. The summed E-state index contributed by atoms with van der Waals surface area (Å²) >= 11 is 0. The van der Waals surface area contributed by atoms with Crippen molar-refractivity contribution in [3.63, 3.8) is 0 Å². The van der Waals surface area contributed by atoms with E-state index in [2.05, 4.69) is 11.9 Å². The number of fused-ring (bicyclic) bond motifs is 3. The van der Waals surface area contributed by atoms with E-state index < -0.39 is 0 Å². The lowest BCUT2D eigenvalue weighted by Gasteiger charge is -2.36. The molecule has 0 saturated heterocycles. The highest BCUT2D eigenvalue weighted by Crippen LogP contribution is 2.37. The Morgan fingerprint density at radius 1 is 1.45 bits per heavy atom. The van der Waals surface area contributed by atoms with Gasteiger partial charge in [-0.05, 0) is 58.7 Å². The Morgan fingerprint density at radius 2 is 2.23 bits per heavy atom. The molecule has 0 bridgehead atoms. The molecule has 3 rings (SSSR count). The van der Waals surface area contributed by atoms with Crippen molar-refractivity contribution in [3.05, 3.63) is 33.7 Å². The molecule has 0 aliphatic carbocycles. The second kappa shape index (κ2) is 5.39. The van der Waals surface area contributed by atoms with Crippen molar-refractivity contribution in [3.8, 4) is 5.75 Å². The van der Waals surface area contributed by atoms with Crippen molar-refractivity contribution >= 4 is 11.0 Å². The van der Waals surface area contributed by atoms with Crippen LogP contribution in [0.4, 0.5) is 0 Å². The predicted molar refractivity (Wildman–Crippen MR) is 87.4 cm³/mol.